The van der Waals surface area contributed by atoms with E-state index in [1.807, 2.05) is 0 Å². The quantitative estimate of drug-likeness (QED) is 0.686. The molecule has 0 radical (unpaired) electrons. The number of carbonyl (C=O) groups is 2. The molecule has 0 spiro atoms. The Labute approximate surface area is 103 Å². The number of likely N-dealkylation sites (N-methyl/N-ethyl adjacent to an activating group) is 1. The lowest BCUT2D eigenvalue weighted by Crippen LogP contribution is -2.41. The van der Waals surface area contributed by atoms with Crippen molar-refractivity contribution < 1.29 is 27.5 Å². The van der Waals surface area contributed by atoms with Gasteiger partial charge >= 0.3 is 12.1 Å². The number of rotatable bonds is 7. The van der Waals surface area contributed by atoms with Crippen LogP contribution in [-0.2, 0) is 14.3 Å². The smallest absolute Gasteiger partial charge is 0.405 e. The zero-order valence-corrected chi connectivity index (χ0v) is 10.3. The van der Waals surface area contributed by atoms with Gasteiger partial charge in [0.1, 0.15) is 6.54 Å². The molecule has 0 aliphatic heterocycles. The average molecular weight is 270 g/mol. The van der Waals surface area contributed by atoms with Crippen molar-refractivity contribution in [1.82, 2.24) is 10.2 Å². The molecule has 106 valence electrons. The molecule has 1 amide bonds. The lowest BCUT2D eigenvalue weighted by molar-refractivity contribution is -0.141. The summed E-state index contributed by atoms with van der Waals surface area (Å²) in [6.07, 6.45) is -4.32. The van der Waals surface area contributed by atoms with Crippen LogP contribution in [0, 0.1) is 0 Å². The van der Waals surface area contributed by atoms with Gasteiger partial charge in [0.15, 0.2) is 0 Å². The van der Waals surface area contributed by atoms with Crippen LogP contribution < -0.4 is 5.32 Å². The van der Waals surface area contributed by atoms with Crippen molar-refractivity contribution in [3.05, 3.63) is 0 Å². The molecule has 0 saturated carbocycles. The molecule has 0 saturated heterocycles. The monoisotopic (exact) mass is 270 g/mol. The van der Waals surface area contributed by atoms with E-state index in [1.165, 1.54) is 7.11 Å². The minimum atomic E-state index is -4.42. The molecule has 0 aliphatic carbocycles. The second-order valence-corrected chi connectivity index (χ2v) is 3.59. The maximum absolute atomic E-state index is 11.8. The second kappa shape index (κ2) is 7.91. The molecule has 0 atom stereocenters. The lowest BCUT2D eigenvalue weighted by Gasteiger charge is -2.19. The van der Waals surface area contributed by atoms with Gasteiger partial charge in [-0.2, -0.15) is 13.2 Å². The SMILES string of the molecule is CCN(CCC(=O)OC)CC(=O)NCC(F)(F)F. The Morgan fingerprint density at radius 3 is 2.39 bits per heavy atom. The molecular weight excluding hydrogens is 253 g/mol. The first-order valence-corrected chi connectivity index (χ1v) is 5.41. The molecule has 0 unspecified atom stereocenters. The number of hydrogen-bond donors (Lipinski definition) is 1. The second-order valence-electron chi connectivity index (χ2n) is 3.59. The van der Waals surface area contributed by atoms with Gasteiger partial charge in [0.25, 0.3) is 0 Å². The average Bonchev–Trinajstić information content (AvgIpc) is 2.30. The van der Waals surface area contributed by atoms with Gasteiger partial charge in [-0.15, -0.1) is 0 Å². The maximum atomic E-state index is 11.8. The van der Waals surface area contributed by atoms with E-state index in [0.717, 1.165) is 0 Å². The minimum absolute atomic E-state index is 0.0941. The number of carbonyl (C=O) groups excluding carboxylic acids is 2. The first kappa shape index (κ1) is 16.7. The van der Waals surface area contributed by atoms with Crippen molar-refractivity contribution in [2.75, 3.05) is 33.3 Å². The Kier molecular flexibility index (Phi) is 7.33. The number of hydrogen-bond acceptors (Lipinski definition) is 4. The van der Waals surface area contributed by atoms with Crippen LogP contribution in [0.3, 0.4) is 0 Å². The molecule has 0 heterocycles. The number of alkyl halides is 3. The fourth-order valence-corrected chi connectivity index (χ4v) is 1.16. The van der Waals surface area contributed by atoms with Crippen LogP contribution in [0.1, 0.15) is 13.3 Å². The van der Waals surface area contributed by atoms with Gasteiger partial charge in [-0.1, -0.05) is 6.92 Å². The predicted molar refractivity (Wildman–Crippen MR) is 57.8 cm³/mol. The van der Waals surface area contributed by atoms with Crippen LogP contribution >= 0.6 is 0 Å². The van der Waals surface area contributed by atoms with Gasteiger partial charge in [0.05, 0.1) is 20.1 Å². The summed E-state index contributed by atoms with van der Waals surface area (Å²) >= 11 is 0. The van der Waals surface area contributed by atoms with Crippen LogP contribution in [0.2, 0.25) is 0 Å². The van der Waals surface area contributed by atoms with E-state index in [0.29, 0.717) is 6.54 Å². The number of ether oxygens (including phenoxy) is 1. The van der Waals surface area contributed by atoms with Gasteiger partial charge in [0, 0.05) is 6.54 Å². The van der Waals surface area contributed by atoms with E-state index in [2.05, 4.69) is 4.74 Å². The molecule has 8 heteroatoms. The summed E-state index contributed by atoms with van der Waals surface area (Å²) in [6.45, 7) is 0.942. The molecule has 0 aliphatic rings. The highest BCUT2D eigenvalue weighted by Crippen LogP contribution is 2.11. The Morgan fingerprint density at radius 1 is 1.33 bits per heavy atom. The van der Waals surface area contributed by atoms with Gasteiger partial charge in [-0.3, -0.25) is 14.5 Å². The number of methoxy groups -OCH3 is 1. The fourth-order valence-electron chi connectivity index (χ4n) is 1.16. The van der Waals surface area contributed by atoms with Crippen molar-refractivity contribution >= 4 is 11.9 Å². The third-order valence-electron chi connectivity index (χ3n) is 2.16. The zero-order valence-electron chi connectivity index (χ0n) is 10.3. The Morgan fingerprint density at radius 2 is 1.94 bits per heavy atom. The first-order valence-electron chi connectivity index (χ1n) is 5.41. The predicted octanol–water partition coefficient (Wildman–Crippen LogP) is 0.550. The molecule has 0 fully saturated rings. The molecule has 18 heavy (non-hydrogen) atoms. The van der Waals surface area contributed by atoms with Gasteiger partial charge in [0.2, 0.25) is 5.91 Å². The van der Waals surface area contributed by atoms with Crippen LogP contribution in [0.25, 0.3) is 0 Å². The molecule has 0 aromatic carbocycles. The Bertz CT molecular complexity index is 282. The van der Waals surface area contributed by atoms with Gasteiger partial charge in [-0.25, -0.2) is 0 Å². The largest absolute Gasteiger partial charge is 0.469 e. The third-order valence-corrected chi connectivity index (χ3v) is 2.16. The molecule has 5 nitrogen and oxygen atoms in total. The maximum Gasteiger partial charge on any atom is 0.405 e. The normalized spacial score (nSPS) is 11.4. The number of halogens is 3. The fraction of sp³-hybridized carbons (Fsp3) is 0.800. The zero-order chi connectivity index (χ0) is 14.2. The minimum Gasteiger partial charge on any atom is -0.469 e. The van der Waals surface area contributed by atoms with Crippen LogP contribution in [-0.4, -0.2) is 56.2 Å². The highest BCUT2D eigenvalue weighted by atomic mass is 19.4. The summed E-state index contributed by atoms with van der Waals surface area (Å²) in [7, 11) is 1.24. The van der Waals surface area contributed by atoms with E-state index in [-0.39, 0.29) is 19.5 Å². The van der Waals surface area contributed by atoms with Crippen molar-refractivity contribution in [2.45, 2.75) is 19.5 Å². The topological polar surface area (TPSA) is 58.6 Å². The van der Waals surface area contributed by atoms with E-state index in [9.17, 15) is 22.8 Å². The van der Waals surface area contributed by atoms with Crippen LogP contribution in [0.5, 0.6) is 0 Å². The van der Waals surface area contributed by atoms with E-state index >= 15 is 0 Å². The number of nitrogens with one attached hydrogen (secondary N) is 1. The summed E-state index contributed by atoms with van der Waals surface area (Å²) in [5, 5.41) is 1.77. The van der Waals surface area contributed by atoms with E-state index in [1.54, 1.807) is 17.1 Å². The van der Waals surface area contributed by atoms with Crippen molar-refractivity contribution in [2.24, 2.45) is 0 Å². The Balaban J connectivity index is 3.97. The number of amides is 1. The third kappa shape index (κ3) is 8.80. The highest BCUT2D eigenvalue weighted by molar-refractivity contribution is 5.78. The molecule has 0 rings (SSSR count). The summed E-state index contributed by atoms with van der Waals surface area (Å²) in [5.74, 6) is -1.15. The van der Waals surface area contributed by atoms with E-state index < -0.39 is 24.6 Å². The molecular formula is C10H17F3N2O3. The Hall–Kier alpha value is -1.31. The highest BCUT2D eigenvalue weighted by Gasteiger charge is 2.27. The number of esters is 1. The standard InChI is InChI=1S/C10H17F3N2O3/c1-3-15(5-4-9(17)18-2)6-8(16)14-7-10(11,12)13/h3-7H2,1-2H3,(H,14,16). The van der Waals surface area contributed by atoms with Crippen molar-refractivity contribution in [1.29, 1.82) is 0 Å². The number of nitrogens with zero attached hydrogens (tertiary/aromatic N) is 1. The summed E-state index contributed by atoms with van der Waals surface area (Å²) in [6, 6.07) is 0. The summed E-state index contributed by atoms with van der Waals surface area (Å²) in [5.41, 5.74) is 0. The molecule has 0 aromatic heterocycles. The van der Waals surface area contributed by atoms with Crippen molar-refractivity contribution in [3.63, 3.8) is 0 Å². The summed E-state index contributed by atoms with van der Waals surface area (Å²) in [4.78, 5) is 23.6. The molecule has 0 bridgehead atoms. The van der Waals surface area contributed by atoms with Crippen LogP contribution in [0.4, 0.5) is 13.2 Å². The molecule has 1 N–H and O–H groups in total. The van der Waals surface area contributed by atoms with E-state index in [4.69, 9.17) is 0 Å². The lowest BCUT2D eigenvalue weighted by atomic mass is 10.3. The summed E-state index contributed by atoms with van der Waals surface area (Å²) < 4.78 is 40.0. The van der Waals surface area contributed by atoms with Gasteiger partial charge < -0.3 is 10.1 Å². The first-order chi connectivity index (χ1) is 8.28. The van der Waals surface area contributed by atoms with Crippen molar-refractivity contribution in [3.8, 4) is 0 Å². The van der Waals surface area contributed by atoms with Crippen LogP contribution in [0.15, 0.2) is 0 Å². The van der Waals surface area contributed by atoms with Gasteiger partial charge in [-0.05, 0) is 6.54 Å². The molecule has 0 aromatic rings.